The average molecular weight is 276 g/mol. The Morgan fingerprint density at radius 3 is 2.59 bits per heavy atom. The third-order valence-electron chi connectivity index (χ3n) is 3.09. The van der Waals surface area contributed by atoms with Crippen LogP contribution in [0.5, 0.6) is 0 Å². The van der Waals surface area contributed by atoms with E-state index in [4.69, 9.17) is 23.2 Å². The predicted molar refractivity (Wildman–Crippen MR) is 68.8 cm³/mol. The monoisotopic (exact) mass is 275 g/mol. The van der Waals surface area contributed by atoms with Crippen molar-refractivity contribution in [2.45, 2.75) is 25.3 Å². The van der Waals surface area contributed by atoms with Gasteiger partial charge in [-0.1, -0.05) is 23.2 Å². The fourth-order valence-corrected chi connectivity index (χ4v) is 2.28. The van der Waals surface area contributed by atoms with Gasteiger partial charge in [0.05, 0.1) is 5.02 Å². The molecule has 1 aromatic heterocycles. The Bertz CT molecular complexity index is 405. The Morgan fingerprint density at radius 1 is 1.41 bits per heavy atom. The van der Waals surface area contributed by atoms with Gasteiger partial charge in [-0.25, -0.2) is 0 Å². The number of carbonyl (C=O) groups excluding carboxylic acids is 1. The summed E-state index contributed by atoms with van der Waals surface area (Å²) in [5, 5.41) is 6.96. The van der Waals surface area contributed by atoms with Crippen molar-refractivity contribution in [2.24, 2.45) is 0 Å². The molecule has 1 amide bonds. The van der Waals surface area contributed by atoms with Gasteiger partial charge in [-0.2, -0.15) is 0 Å². The largest absolute Gasteiger partial charge is 0.346 e. The van der Waals surface area contributed by atoms with Gasteiger partial charge in [-0.05, 0) is 38.9 Å². The normalized spacial score (nSPS) is 19.0. The smallest absolute Gasteiger partial charge is 0.268 e. The van der Waals surface area contributed by atoms with Crippen molar-refractivity contribution in [3.63, 3.8) is 0 Å². The Labute approximate surface area is 110 Å². The molecule has 1 saturated heterocycles. The molecule has 0 spiro atoms. The Kier molecular flexibility index (Phi) is 3.66. The molecule has 0 radical (unpaired) electrons. The SMILES string of the molecule is CC1(NC(=O)c2cc(Cl)c(Cl)[nH]2)CCNCC1. The van der Waals surface area contributed by atoms with Crippen molar-refractivity contribution >= 4 is 29.1 Å². The Morgan fingerprint density at radius 2 is 2.06 bits per heavy atom. The second-order valence-electron chi connectivity index (χ2n) is 4.61. The first-order chi connectivity index (χ1) is 8.00. The van der Waals surface area contributed by atoms with E-state index < -0.39 is 0 Å². The maximum atomic E-state index is 12.0. The number of hydrogen-bond acceptors (Lipinski definition) is 2. The van der Waals surface area contributed by atoms with Gasteiger partial charge in [0.1, 0.15) is 10.8 Å². The number of rotatable bonds is 2. The van der Waals surface area contributed by atoms with Gasteiger partial charge < -0.3 is 15.6 Å². The van der Waals surface area contributed by atoms with Gasteiger partial charge in [0.2, 0.25) is 0 Å². The molecule has 0 aromatic carbocycles. The van der Waals surface area contributed by atoms with Crippen LogP contribution >= 0.6 is 23.2 Å². The number of aromatic nitrogens is 1. The molecule has 2 heterocycles. The highest BCUT2D eigenvalue weighted by molar-refractivity contribution is 6.41. The second-order valence-corrected chi connectivity index (χ2v) is 5.39. The molecule has 1 aromatic rings. The lowest BCUT2D eigenvalue weighted by atomic mass is 9.90. The lowest BCUT2D eigenvalue weighted by Crippen LogP contribution is -2.52. The first-order valence-electron chi connectivity index (χ1n) is 5.57. The van der Waals surface area contributed by atoms with Crippen molar-refractivity contribution in [3.8, 4) is 0 Å². The Balaban J connectivity index is 2.05. The number of halogens is 2. The highest BCUT2D eigenvalue weighted by Gasteiger charge is 2.29. The zero-order chi connectivity index (χ0) is 12.5. The maximum Gasteiger partial charge on any atom is 0.268 e. The first-order valence-corrected chi connectivity index (χ1v) is 6.33. The third kappa shape index (κ3) is 2.94. The number of hydrogen-bond donors (Lipinski definition) is 3. The van der Waals surface area contributed by atoms with Crippen molar-refractivity contribution < 1.29 is 4.79 Å². The van der Waals surface area contributed by atoms with Crippen LogP contribution in [0.3, 0.4) is 0 Å². The molecule has 1 fully saturated rings. The van der Waals surface area contributed by atoms with Crippen molar-refractivity contribution in [3.05, 3.63) is 21.9 Å². The van der Waals surface area contributed by atoms with E-state index in [0.29, 0.717) is 15.9 Å². The van der Waals surface area contributed by atoms with Crippen LogP contribution in [0.25, 0.3) is 0 Å². The van der Waals surface area contributed by atoms with Crippen LogP contribution in [-0.4, -0.2) is 29.5 Å². The standard InChI is InChI=1S/C11H15Cl2N3O/c1-11(2-4-14-5-3-11)16-10(17)8-6-7(12)9(13)15-8/h6,14-15H,2-5H2,1H3,(H,16,17). The lowest BCUT2D eigenvalue weighted by Gasteiger charge is -2.34. The van der Waals surface area contributed by atoms with Crippen LogP contribution in [0.2, 0.25) is 10.2 Å². The number of aromatic amines is 1. The number of nitrogens with one attached hydrogen (secondary N) is 3. The summed E-state index contributed by atoms with van der Waals surface area (Å²) in [7, 11) is 0. The van der Waals surface area contributed by atoms with E-state index in [0.717, 1.165) is 25.9 Å². The number of amides is 1. The molecule has 4 nitrogen and oxygen atoms in total. The van der Waals surface area contributed by atoms with Gasteiger partial charge in [-0.15, -0.1) is 0 Å². The molecule has 6 heteroatoms. The lowest BCUT2D eigenvalue weighted by molar-refractivity contribution is 0.0883. The molecule has 0 saturated carbocycles. The van der Waals surface area contributed by atoms with Crippen molar-refractivity contribution in [1.82, 2.24) is 15.6 Å². The fourth-order valence-electron chi connectivity index (χ4n) is 1.97. The van der Waals surface area contributed by atoms with Gasteiger partial charge in [0.15, 0.2) is 0 Å². The zero-order valence-electron chi connectivity index (χ0n) is 9.57. The molecule has 0 bridgehead atoms. The van der Waals surface area contributed by atoms with Crippen LogP contribution in [0, 0.1) is 0 Å². The average Bonchev–Trinajstić information content (AvgIpc) is 2.60. The second kappa shape index (κ2) is 4.88. The van der Waals surface area contributed by atoms with E-state index in [9.17, 15) is 4.79 Å². The summed E-state index contributed by atoms with van der Waals surface area (Å²) in [6.45, 7) is 3.89. The number of piperidine rings is 1. The van der Waals surface area contributed by atoms with Gasteiger partial charge in [-0.3, -0.25) is 4.79 Å². The summed E-state index contributed by atoms with van der Waals surface area (Å²) >= 11 is 11.6. The molecule has 2 rings (SSSR count). The summed E-state index contributed by atoms with van der Waals surface area (Å²) in [5.41, 5.74) is 0.242. The summed E-state index contributed by atoms with van der Waals surface area (Å²) < 4.78 is 0. The predicted octanol–water partition coefficient (Wildman–Crippen LogP) is 2.19. The molecular weight excluding hydrogens is 261 g/mol. The molecule has 0 aliphatic carbocycles. The molecule has 1 aliphatic rings. The van der Waals surface area contributed by atoms with E-state index in [2.05, 4.69) is 22.5 Å². The third-order valence-corrected chi connectivity index (χ3v) is 3.79. The van der Waals surface area contributed by atoms with Crippen LogP contribution in [0.15, 0.2) is 6.07 Å². The molecule has 94 valence electrons. The minimum Gasteiger partial charge on any atom is -0.346 e. The topological polar surface area (TPSA) is 56.9 Å². The summed E-state index contributed by atoms with van der Waals surface area (Å²) in [6.07, 6.45) is 1.84. The van der Waals surface area contributed by atoms with Gasteiger partial charge in [0.25, 0.3) is 5.91 Å². The summed E-state index contributed by atoms with van der Waals surface area (Å²) in [6, 6.07) is 1.55. The molecule has 17 heavy (non-hydrogen) atoms. The Hall–Kier alpha value is -0.710. The van der Waals surface area contributed by atoms with E-state index in [-0.39, 0.29) is 11.4 Å². The van der Waals surface area contributed by atoms with E-state index in [1.54, 1.807) is 6.07 Å². The van der Waals surface area contributed by atoms with E-state index >= 15 is 0 Å². The number of H-pyrrole nitrogens is 1. The fraction of sp³-hybridized carbons (Fsp3) is 0.545. The van der Waals surface area contributed by atoms with Crippen molar-refractivity contribution in [2.75, 3.05) is 13.1 Å². The first kappa shape index (κ1) is 12.7. The van der Waals surface area contributed by atoms with Crippen LogP contribution in [0.1, 0.15) is 30.3 Å². The van der Waals surface area contributed by atoms with Crippen molar-refractivity contribution in [1.29, 1.82) is 0 Å². The quantitative estimate of drug-likeness (QED) is 0.775. The van der Waals surface area contributed by atoms with Crippen LogP contribution in [-0.2, 0) is 0 Å². The van der Waals surface area contributed by atoms with Crippen LogP contribution < -0.4 is 10.6 Å². The minimum absolute atomic E-state index is 0.160. The molecule has 1 aliphatic heterocycles. The van der Waals surface area contributed by atoms with Gasteiger partial charge in [0, 0.05) is 5.54 Å². The van der Waals surface area contributed by atoms with E-state index in [1.165, 1.54) is 0 Å². The highest BCUT2D eigenvalue weighted by atomic mass is 35.5. The molecule has 3 N–H and O–H groups in total. The number of carbonyl (C=O) groups is 1. The van der Waals surface area contributed by atoms with E-state index in [1.807, 2.05) is 0 Å². The molecule has 0 atom stereocenters. The summed E-state index contributed by atoms with van der Waals surface area (Å²) in [5.74, 6) is -0.164. The summed E-state index contributed by atoms with van der Waals surface area (Å²) in [4.78, 5) is 14.8. The highest BCUT2D eigenvalue weighted by Crippen LogP contribution is 2.23. The van der Waals surface area contributed by atoms with Gasteiger partial charge >= 0.3 is 0 Å². The molecular formula is C11H15Cl2N3O. The zero-order valence-corrected chi connectivity index (χ0v) is 11.1. The maximum absolute atomic E-state index is 12.0. The minimum atomic E-state index is -0.164. The molecule has 0 unspecified atom stereocenters. The van der Waals surface area contributed by atoms with Crippen LogP contribution in [0.4, 0.5) is 0 Å².